The summed E-state index contributed by atoms with van der Waals surface area (Å²) in [7, 11) is 0. The fourth-order valence-electron chi connectivity index (χ4n) is 1.59. The Balaban J connectivity index is 2.95. The second-order valence-corrected chi connectivity index (χ2v) is 3.59. The van der Waals surface area contributed by atoms with Gasteiger partial charge < -0.3 is 9.90 Å². The predicted octanol–water partition coefficient (Wildman–Crippen LogP) is 1.57. The lowest BCUT2D eigenvalue weighted by molar-refractivity contribution is -0.309. The number of hydrogen-bond acceptors (Lipinski definition) is 2. The van der Waals surface area contributed by atoms with Gasteiger partial charge in [0.05, 0.1) is 0 Å². The zero-order valence-electron chi connectivity index (χ0n) is 8.57. The van der Waals surface area contributed by atoms with Gasteiger partial charge in [-0.25, -0.2) is 0 Å². The summed E-state index contributed by atoms with van der Waals surface area (Å²) < 4.78 is 0. The molecule has 0 radical (unpaired) electrons. The van der Waals surface area contributed by atoms with E-state index in [0.717, 1.165) is 12.0 Å². The Kier molecular flexibility index (Phi) is 3.69. The van der Waals surface area contributed by atoms with E-state index in [9.17, 15) is 9.90 Å². The van der Waals surface area contributed by atoms with Crippen LogP contribution >= 0.6 is 0 Å². The third-order valence-electron chi connectivity index (χ3n) is 2.63. The van der Waals surface area contributed by atoms with Crippen molar-refractivity contribution in [2.24, 2.45) is 5.92 Å². The zero-order valence-corrected chi connectivity index (χ0v) is 8.57. The van der Waals surface area contributed by atoms with E-state index < -0.39 is 11.9 Å². The summed E-state index contributed by atoms with van der Waals surface area (Å²) in [6.45, 7) is 3.93. The fourth-order valence-corrected chi connectivity index (χ4v) is 1.59. The van der Waals surface area contributed by atoms with Gasteiger partial charge in [-0.3, -0.25) is 0 Å². The van der Waals surface area contributed by atoms with Crippen molar-refractivity contribution in [3.05, 3.63) is 35.9 Å². The molecule has 2 heteroatoms. The number of rotatable bonds is 4. The molecule has 1 aromatic carbocycles. The van der Waals surface area contributed by atoms with Crippen molar-refractivity contribution in [2.75, 3.05) is 0 Å². The summed E-state index contributed by atoms with van der Waals surface area (Å²) in [6.07, 6.45) is 0.841. The van der Waals surface area contributed by atoms with Crippen molar-refractivity contribution in [1.82, 2.24) is 0 Å². The molecule has 0 fully saturated rings. The maximum atomic E-state index is 11.0. The summed E-state index contributed by atoms with van der Waals surface area (Å²) in [6, 6.07) is 9.27. The van der Waals surface area contributed by atoms with Crippen LogP contribution in [-0.4, -0.2) is 5.97 Å². The summed E-state index contributed by atoms with van der Waals surface area (Å²) in [4.78, 5) is 11.0. The van der Waals surface area contributed by atoms with Crippen molar-refractivity contribution in [3.8, 4) is 0 Å². The third-order valence-corrected chi connectivity index (χ3v) is 2.63. The Morgan fingerprint density at radius 3 is 2.36 bits per heavy atom. The van der Waals surface area contributed by atoms with Crippen molar-refractivity contribution >= 4 is 5.97 Å². The normalized spacial score (nSPS) is 14.7. The van der Waals surface area contributed by atoms with Crippen LogP contribution in [0.1, 0.15) is 31.7 Å². The lowest BCUT2D eigenvalue weighted by Crippen LogP contribution is -2.33. The molecular weight excluding hydrogens is 176 g/mol. The van der Waals surface area contributed by atoms with E-state index in [-0.39, 0.29) is 5.92 Å². The molecule has 0 aliphatic rings. The first-order chi connectivity index (χ1) is 6.66. The van der Waals surface area contributed by atoms with Crippen LogP contribution in [-0.2, 0) is 4.79 Å². The van der Waals surface area contributed by atoms with Crippen LogP contribution in [0.15, 0.2) is 30.3 Å². The Morgan fingerprint density at radius 2 is 1.93 bits per heavy atom. The van der Waals surface area contributed by atoms with Crippen LogP contribution in [0.2, 0.25) is 0 Å². The van der Waals surface area contributed by atoms with E-state index in [1.54, 1.807) is 0 Å². The molecule has 0 saturated carbocycles. The molecule has 1 rings (SSSR count). The molecule has 0 bridgehead atoms. The van der Waals surface area contributed by atoms with Crippen LogP contribution in [0.25, 0.3) is 0 Å². The summed E-state index contributed by atoms with van der Waals surface area (Å²) in [5.74, 6) is -1.35. The highest BCUT2D eigenvalue weighted by atomic mass is 16.4. The van der Waals surface area contributed by atoms with Gasteiger partial charge in [-0.15, -0.1) is 0 Å². The van der Waals surface area contributed by atoms with Gasteiger partial charge >= 0.3 is 0 Å². The molecule has 0 aromatic heterocycles. The Morgan fingerprint density at radius 1 is 1.36 bits per heavy atom. The molecule has 0 saturated heterocycles. The van der Waals surface area contributed by atoms with Gasteiger partial charge in [0.25, 0.3) is 0 Å². The highest BCUT2D eigenvalue weighted by molar-refractivity contribution is 5.74. The third kappa shape index (κ3) is 2.34. The second kappa shape index (κ2) is 4.80. The highest BCUT2D eigenvalue weighted by Crippen LogP contribution is 2.25. The van der Waals surface area contributed by atoms with E-state index in [1.165, 1.54) is 0 Å². The largest absolute Gasteiger partial charge is 0.549 e. The first-order valence-electron chi connectivity index (χ1n) is 4.92. The number of aliphatic carboxylic acids is 1. The smallest absolute Gasteiger partial charge is 0.0491 e. The molecule has 0 N–H and O–H groups in total. The summed E-state index contributed by atoms with van der Waals surface area (Å²) >= 11 is 0. The summed E-state index contributed by atoms with van der Waals surface area (Å²) in [5, 5.41) is 11.0. The van der Waals surface area contributed by atoms with Crippen molar-refractivity contribution in [1.29, 1.82) is 0 Å². The van der Waals surface area contributed by atoms with E-state index in [4.69, 9.17) is 0 Å². The lowest BCUT2D eigenvalue weighted by atomic mass is 9.86. The van der Waals surface area contributed by atoms with E-state index >= 15 is 0 Å². The Hall–Kier alpha value is -1.31. The van der Waals surface area contributed by atoms with E-state index in [2.05, 4.69) is 0 Å². The molecule has 0 amide bonds. The number of carbonyl (C=O) groups excluding carboxylic acids is 1. The summed E-state index contributed by atoms with van der Waals surface area (Å²) in [5.41, 5.74) is 0.835. The first kappa shape index (κ1) is 10.8. The van der Waals surface area contributed by atoms with Gasteiger partial charge in [0.15, 0.2) is 0 Å². The maximum Gasteiger partial charge on any atom is 0.0491 e. The zero-order chi connectivity index (χ0) is 10.6. The van der Waals surface area contributed by atoms with Crippen LogP contribution in [0.4, 0.5) is 0 Å². The van der Waals surface area contributed by atoms with Crippen molar-refractivity contribution in [3.63, 3.8) is 0 Å². The van der Waals surface area contributed by atoms with Gasteiger partial charge in [0, 0.05) is 11.9 Å². The van der Waals surface area contributed by atoms with Crippen molar-refractivity contribution < 1.29 is 9.90 Å². The SMILES string of the molecule is CC[C@@H](C)[C@@H](C(=O)[O-])c1ccccc1. The number of benzene rings is 1. The second-order valence-electron chi connectivity index (χ2n) is 3.59. The molecule has 2 nitrogen and oxygen atoms in total. The number of carboxylic acids is 1. The van der Waals surface area contributed by atoms with Gasteiger partial charge in [0.2, 0.25) is 0 Å². The molecule has 76 valence electrons. The maximum absolute atomic E-state index is 11.0. The van der Waals surface area contributed by atoms with Gasteiger partial charge in [0.1, 0.15) is 0 Å². The molecule has 0 spiro atoms. The Labute approximate surface area is 84.6 Å². The highest BCUT2D eigenvalue weighted by Gasteiger charge is 2.18. The van der Waals surface area contributed by atoms with E-state index in [0.29, 0.717) is 0 Å². The standard InChI is InChI=1S/C12H16O2/c1-3-9(2)11(12(13)14)10-7-5-4-6-8-10/h4-9,11H,3H2,1-2H3,(H,13,14)/p-1/t9-,11-/m1/s1. The minimum Gasteiger partial charge on any atom is -0.549 e. The van der Waals surface area contributed by atoms with Crippen LogP contribution in [0.5, 0.6) is 0 Å². The topological polar surface area (TPSA) is 40.1 Å². The minimum atomic E-state index is -0.981. The monoisotopic (exact) mass is 191 g/mol. The quantitative estimate of drug-likeness (QED) is 0.724. The van der Waals surface area contributed by atoms with E-state index in [1.807, 2.05) is 44.2 Å². The molecule has 0 unspecified atom stereocenters. The van der Waals surface area contributed by atoms with Crippen molar-refractivity contribution in [2.45, 2.75) is 26.2 Å². The molecule has 0 aliphatic carbocycles. The fraction of sp³-hybridized carbons (Fsp3) is 0.417. The van der Waals surface area contributed by atoms with Crippen LogP contribution < -0.4 is 5.11 Å². The number of carboxylic acid groups (broad SMARTS) is 1. The molecule has 2 atom stereocenters. The van der Waals surface area contributed by atoms with Gasteiger partial charge in [-0.05, 0) is 11.5 Å². The number of hydrogen-bond donors (Lipinski definition) is 0. The predicted molar refractivity (Wildman–Crippen MR) is 53.6 cm³/mol. The molecule has 1 aromatic rings. The molecule has 0 aliphatic heterocycles. The Bertz CT molecular complexity index is 292. The molecule has 0 heterocycles. The molecular formula is C12H15O2-. The lowest BCUT2D eigenvalue weighted by Gasteiger charge is -2.24. The van der Waals surface area contributed by atoms with Gasteiger partial charge in [-0.1, -0.05) is 50.6 Å². The first-order valence-corrected chi connectivity index (χ1v) is 4.92. The minimum absolute atomic E-state index is 0.113. The number of carbonyl (C=O) groups is 1. The van der Waals surface area contributed by atoms with Crippen LogP contribution in [0.3, 0.4) is 0 Å². The average molecular weight is 191 g/mol. The molecule has 14 heavy (non-hydrogen) atoms. The van der Waals surface area contributed by atoms with Gasteiger partial charge in [-0.2, -0.15) is 0 Å². The van der Waals surface area contributed by atoms with Crippen LogP contribution in [0, 0.1) is 5.92 Å². The average Bonchev–Trinajstić information content (AvgIpc) is 2.19.